The van der Waals surface area contributed by atoms with Crippen molar-refractivity contribution in [1.82, 2.24) is 10.2 Å². The van der Waals surface area contributed by atoms with Crippen LogP contribution in [-0.2, 0) is 29.1 Å². The number of aryl methyl sites for hydroxylation is 1. The van der Waals surface area contributed by atoms with Crippen LogP contribution in [0.2, 0.25) is 0 Å². The van der Waals surface area contributed by atoms with E-state index in [-0.39, 0.29) is 24.2 Å². The van der Waals surface area contributed by atoms with Gasteiger partial charge in [0, 0.05) is 26.4 Å². The summed E-state index contributed by atoms with van der Waals surface area (Å²) in [7, 11) is 0. The van der Waals surface area contributed by atoms with Gasteiger partial charge in [-0.2, -0.15) is 0 Å². The normalized spacial score (nSPS) is 11.6. The maximum atomic E-state index is 13.3. The van der Waals surface area contributed by atoms with Gasteiger partial charge in [0.15, 0.2) is 0 Å². The Bertz CT molecular complexity index is 1000. The molecule has 5 heteroatoms. The van der Waals surface area contributed by atoms with Crippen LogP contribution < -0.4 is 5.32 Å². The van der Waals surface area contributed by atoms with Crippen molar-refractivity contribution in [2.75, 3.05) is 0 Å². The second kappa shape index (κ2) is 10.5. The number of nitrogens with one attached hydrogen (secondary N) is 1. The van der Waals surface area contributed by atoms with E-state index in [4.69, 9.17) is 0 Å². The predicted octanol–water partition coefficient (Wildman–Crippen LogP) is 4.41. The summed E-state index contributed by atoms with van der Waals surface area (Å²) in [6.07, 6.45) is 0.390. The minimum Gasteiger partial charge on any atom is -0.350 e. The smallest absolute Gasteiger partial charge is 0.243 e. The van der Waals surface area contributed by atoms with E-state index in [9.17, 15) is 14.0 Å². The number of halogens is 1. The van der Waals surface area contributed by atoms with Crippen LogP contribution in [0.5, 0.6) is 0 Å². The lowest BCUT2D eigenvalue weighted by atomic mass is 10.0. The fraction of sp³-hybridized carbons (Fsp3) is 0.231. The van der Waals surface area contributed by atoms with E-state index in [1.54, 1.807) is 17.0 Å². The van der Waals surface area contributed by atoms with E-state index in [0.29, 0.717) is 13.0 Å². The Morgan fingerprint density at radius 2 is 1.48 bits per heavy atom. The number of nitrogens with zero attached hydrogens (tertiary/aromatic N) is 1. The van der Waals surface area contributed by atoms with Crippen molar-refractivity contribution < 1.29 is 14.0 Å². The molecule has 0 aliphatic rings. The lowest BCUT2D eigenvalue weighted by Crippen LogP contribution is -2.49. The molecule has 2 amide bonds. The van der Waals surface area contributed by atoms with Crippen molar-refractivity contribution in [2.45, 2.75) is 39.4 Å². The number of rotatable bonds is 8. The third-order valence-electron chi connectivity index (χ3n) is 5.21. The number of carbonyl (C=O) groups is 2. The molecular weight excluding hydrogens is 391 g/mol. The molecule has 3 aromatic rings. The first kappa shape index (κ1) is 22.2. The lowest BCUT2D eigenvalue weighted by molar-refractivity contribution is -0.139. The summed E-state index contributed by atoms with van der Waals surface area (Å²) >= 11 is 0. The zero-order chi connectivity index (χ0) is 22.2. The van der Waals surface area contributed by atoms with Gasteiger partial charge in [-0.15, -0.1) is 0 Å². The zero-order valence-electron chi connectivity index (χ0n) is 17.8. The average molecular weight is 419 g/mol. The summed E-state index contributed by atoms with van der Waals surface area (Å²) in [5.74, 6) is -0.771. The van der Waals surface area contributed by atoms with Crippen LogP contribution in [0, 0.1) is 12.7 Å². The molecule has 31 heavy (non-hydrogen) atoms. The molecule has 3 aromatic carbocycles. The van der Waals surface area contributed by atoms with E-state index < -0.39 is 6.04 Å². The van der Waals surface area contributed by atoms with Crippen LogP contribution in [0.3, 0.4) is 0 Å². The van der Waals surface area contributed by atoms with Gasteiger partial charge < -0.3 is 10.2 Å². The summed E-state index contributed by atoms with van der Waals surface area (Å²) in [6.45, 7) is 4.07. The second-order valence-electron chi connectivity index (χ2n) is 7.68. The average Bonchev–Trinajstić information content (AvgIpc) is 2.77. The second-order valence-corrected chi connectivity index (χ2v) is 7.68. The summed E-state index contributed by atoms with van der Waals surface area (Å²) in [5, 5.41) is 2.98. The van der Waals surface area contributed by atoms with Gasteiger partial charge in [-0.25, -0.2) is 4.39 Å². The van der Waals surface area contributed by atoms with E-state index in [1.165, 1.54) is 19.1 Å². The first-order valence-corrected chi connectivity index (χ1v) is 10.3. The summed E-state index contributed by atoms with van der Waals surface area (Å²) < 4.78 is 13.3. The van der Waals surface area contributed by atoms with E-state index >= 15 is 0 Å². The first-order valence-electron chi connectivity index (χ1n) is 10.3. The molecule has 0 saturated carbocycles. The molecule has 0 heterocycles. The topological polar surface area (TPSA) is 49.4 Å². The molecule has 1 atom stereocenters. The van der Waals surface area contributed by atoms with Crippen molar-refractivity contribution in [1.29, 1.82) is 0 Å². The molecule has 0 spiro atoms. The highest BCUT2D eigenvalue weighted by molar-refractivity contribution is 5.87. The molecule has 0 fully saturated rings. The fourth-order valence-corrected chi connectivity index (χ4v) is 3.42. The molecule has 1 N–H and O–H groups in total. The zero-order valence-corrected chi connectivity index (χ0v) is 17.8. The van der Waals surface area contributed by atoms with E-state index in [1.807, 2.05) is 61.5 Å². The molecule has 160 valence electrons. The Morgan fingerprint density at radius 3 is 2.10 bits per heavy atom. The highest BCUT2D eigenvalue weighted by Gasteiger charge is 2.28. The first-order chi connectivity index (χ1) is 14.9. The predicted molar refractivity (Wildman–Crippen MR) is 120 cm³/mol. The number of benzene rings is 3. The number of hydrogen-bond acceptors (Lipinski definition) is 2. The number of carbonyl (C=O) groups excluding carboxylic acids is 2. The Kier molecular flexibility index (Phi) is 7.55. The van der Waals surface area contributed by atoms with Gasteiger partial charge in [-0.1, -0.05) is 72.3 Å². The van der Waals surface area contributed by atoms with Gasteiger partial charge in [0.25, 0.3) is 0 Å². The van der Waals surface area contributed by atoms with Crippen molar-refractivity contribution in [2.24, 2.45) is 0 Å². The van der Waals surface area contributed by atoms with Crippen LogP contribution in [0.25, 0.3) is 0 Å². The largest absolute Gasteiger partial charge is 0.350 e. The van der Waals surface area contributed by atoms with Crippen LogP contribution in [0.1, 0.15) is 29.2 Å². The highest BCUT2D eigenvalue weighted by atomic mass is 19.1. The minimum atomic E-state index is -0.685. The Labute approximate surface area is 182 Å². The van der Waals surface area contributed by atoms with E-state index in [0.717, 1.165) is 22.3 Å². The summed E-state index contributed by atoms with van der Waals surface area (Å²) in [5.41, 5.74) is 3.87. The monoisotopic (exact) mass is 418 g/mol. The molecule has 0 aliphatic carbocycles. The molecule has 4 nitrogen and oxygen atoms in total. The molecule has 0 aliphatic heterocycles. The van der Waals surface area contributed by atoms with E-state index in [2.05, 4.69) is 5.32 Å². The maximum absolute atomic E-state index is 13.3. The molecule has 0 radical (unpaired) electrons. The van der Waals surface area contributed by atoms with Crippen molar-refractivity contribution in [3.8, 4) is 0 Å². The van der Waals surface area contributed by atoms with Gasteiger partial charge in [-0.3, -0.25) is 9.59 Å². The Balaban J connectivity index is 1.81. The quantitative estimate of drug-likeness (QED) is 0.589. The van der Waals surface area contributed by atoms with Gasteiger partial charge in [-0.05, 0) is 35.7 Å². The summed E-state index contributed by atoms with van der Waals surface area (Å²) in [4.78, 5) is 27.3. The van der Waals surface area contributed by atoms with Crippen molar-refractivity contribution in [3.63, 3.8) is 0 Å². The molecule has 0 saturated heterocycles. The Morgan fingerprint density at radius 1 is 0.871 bits per heavy atom. The van der Waals surface area contributed by atoms with Crippen LogP contribution in [-0.4, -0.2) is 22.8 Å². The lowest BCUT2D eigenvalue weighted by Gasteiger charge is -2.30. The standard InChI is InChI=1S/C26H27FN2O2/c1-19-8-10-22(11-9-19)17-28-26(31)25(16-21-6-4-3-5-7-21)29(20(2)30)18-23-12-14-24(27)15-13-23/h3-15,25H,16-18H2,1-2H3,(H,28,31)/t25-/m1/s1. The summed E-state index contributed by atoms with van der Waals surface area (Å²) in [6, 6.07) is 22.9. The van der Waals surface area contributed by atoms with Gasteiger partial charge >= 0.3 is 0 Å². The van der Waals surface area contributed by atoms with Gasteiger partial charge in [0.05, 0.1) is 0 Å². The van der Waals surface area contributed by atoms with Crippen molar-refractivity contribution >= 4 is 11.8 Å². The number of amides is 2. The Hall–Kier alpha value is -3.47. The molecular formula is C26H27FN2O2. The molecule has 0 aromatic heterocycles. The third-order valence-corrected chi connectivity index (χ3v) is 5.21. The molecule has 0 unspecified atom stereocenters. The van der Waals surface area contributed by atoms with Crippen LogP contribution >= 0.6 is 0 Å². The van der Waals surface area contributed by atoms with Crippen LogP contribution in [0.15, 0.2) is 78.9 Å². The van der Waals surface area contributed by atoms with Gasteiger partial charge in [0.1, 0.15) is 11.9 Å². The SMILES string of the molecule is CC(=O)N(Cc1ccc(F)cc1)[C@H](Cc1ccccc1)C(=O)NCc1ccc(C)cc1. The minimum absolute atomic E-state index is 0.212. The maximum Gasteiger partial charge on any atom is 0.243 e. The highest BCUT2D eigenvalue weighted by Crippen LogP contribution is 2.15. The van der Waals surface area contributed by atoms with Gasteiger partial charge in [0.2, 0.25) is 11.8 Å². The van der Waals surface area contributed by atoms with Crippen LogP contribution in [0.4, 0.5) is 4.39 Å². The molecule has 0 bridgehead atoms. The van der Waals surface area contributed by atoms with Crippen molar-refractivity contribution in [3.05, 3.63) is 107 Å². The number of hydrogen-bond donors (Lipinski definition) is 1. The fourth-order valence-electron chi connectivity index (χ4n) is 3.42. The third kappa shape index (κ3) is 6.51. The molecule has 3 rings (SSSR count).